The first-order valence-electron chi connectivity index (χ1n) is 4.21. The summed E-state index contributed by atoms with van der Waals surface area (Å²) in [6, 6.07) is 3.23. The number of anilines is 1. The van der Waals surface area contributed by atoms with Gasteiger partial charge in [-0.1, -0.05) is 20.8 Å². The number of hydrogen-bond acceptors (Lipinski definition) is 2. The third-order valence-corrected chi connectivity index (χ3v) is 1.42. The van der Waals surface area contributed by atoms with Gasteiger partial charge >= 0.3 is 0 Å². The summed E-state index contributed by atoms with van der Waals surface area (Å²) in [4.78, 5) is 13.1. The van der Waals surface area contributed by atoms with E-state index in [-0.39, 0.29) is 5.56 Å². The molecule has 1 aromatic heterocycles. The molecule has 0 saturated heterocycles. The number of aromatic amines is 1. The van der Waals surface area contributed by atoms with Crippen LogP contribution in [0, 0.1) is 0 Å². The van der Waals surface area contributed by atoms with Crippen molar-refractivity contribution in [3.63, 3.8) is 0 Å². The third-order valence-electron chi connectivity index (χ3n) is 1.42. The Morgan fingerprint density at radius 3 is 2.42 bits per heavy atom. The molecule has 0 aliphatic heterocycles. The summed E-state index contributed by atoms with van der Waals surface area (Å²) in [5.41, 5.74) is 6.32. The topological polar surface area (TPSA) is 58.9 Å². The average Bonchev–Trinajstić information content (AvgIpc) is 2.08. The van der Waals surface area contributed by atoms with Gasteiger partial charge in [-0.05, 0) is 18.1 Å². The van der Waals surface area contributed by atoms with E-state index in [9.17, 15) is 4.79 Å². The number of H-pyrrole nitrogens is 1. The smallest absolute Gasteiger partial charge is 0.249 e. The number of pyridine rings is 1. The number of hydrogen-bond donors (Lipinski definition) is 2. The number of nitrogens with two attached hydrogens (primary N) is 1. The molecule has 0 bridgehead atoms. The van der Waals surface area contributed by atoms with E-state index >= 15 is 0 Å². The molecule has 3 nitrogen and oxygen atoms in total. The lowest BCUT2D eigenvalue weighted by atomic mass is 10.2. The van der Waals surface area contributed by atoms with Crippen LogP contribution in [0.5, 0.6) is 0 Å². The fourth-order valence-electron chi connectivity index (χ4n) is 0.829. The maximum atomic E-state index is 10.6. The van der Waals surface area contributed by atoms with Crippen LogP contribution in [0.2, 0.25) is 0 Å². The largest absolute Gasteiger partial charge is 0.385 e. The molecule has 0 aliphatic rings. The summed E-state index contributed by atoms with van der Waals surface area (Å²) in [5.74, 6) is 0.481. The first-order valence-corrected chi connectivity index (χ1v) is 4.21. The minimum absolute atomic E-state index is 0.144. The fraction of sp³-hybridized carbons (Fsp3) is 0.444. The highest BCUT2D eigenvalue weighted by Gasteiger charge is 1.94. The van der Waals surface area contributed by atoms with Crippen molar-refractivity contribution in [2.75, 3.05) is 5.73 Å². The van der Waals surface area contributed by atoms with Crippen molar-refractivity contribution in [1.82, 2.24) is 4.98 Å². The minimum atomic E-state index is -0.144. The zero-order chi connectivity index (χ0) is 9.56. The maximum Gasteiger partial charge on any atom is 0.249 e. The molecule has 0 fully saturated rings. The van der Waals surface area contributed by atoms with E-state index in [1.807, 2.05) is 20.8 Å². The summed E-state index contributed by atoms with van der Waals surface area (Å²) in [7, 11) is 0. The van der Waals surface area contributed by atoms with Gasteiger partial charge in [0.15, 0.2) is 0 Å². The van der Waals surface area contributed by atoms with Crippen molar-refractivity contribution in [2.45, 2.75) is 27.2 Å². The predicted molar refractivity (Wildman–Crippen MR) is 52.2 cm³/mol. The van der Waals surface area contributed by atoms with Crippen LogP contribution in [0.15, 0.2) is 16.9 Å². The van der Waals surface area contributed by atoms with Crippen LogP contribution < -0.4 is 11.3 Å². The summed E-state index contributed by atoms with van der Waals surface area (Å²) in [6.45, 7) is 5.99. The monoisotopic (exact) mass is 168 g/mol. The highest BCUT2D eigenvalue weighted by Crippen LogP contribution is 2.03. The Hall–Kier alpha value is -1.25. The second kappa shape index (κ2) is 5.41. The van der Waals surface area contributed by atoms with Crippen molar-refractivity contribution >= 4 is 5.82 Å². The van der Waals surface area contributed by atoms with Gasteiger partial charge in [-0.15, -0.1) is 0 Å². The SMILES string of the molecule is CC.CCc1ccc(=O)[nH]c1N. The Kier molecular flexibility index (Phi) is 4.84. The van der Waals surface area contributed by atoms with Crippen LogP contribution in [-0.2, 0) is 6.42 Å². The van der Waals surface area contributed by atoms with E-state index in [0.29, 0.717) is 5.82 Å². The second-order valence-corrected chi connectivity index (χ2v) is 2.12. The fourth-order valence-corrected chi connectivity index (χ4v) is 0.829. The zero-order valence-corrected chi connectivity index (χ0v) is 7.85. The molecule has 1 rings (SSSR count). The summed E-state index contributed by atoms with van der Waals surface area (Å²) < 4.78 is 0. The van der Waals surface area contributed by atoms with E-state index in [1.54, 1.807) is 6.07 Å². The van der Waals surface area contributed by atoms with Gasteiger partial charge in [-0.2, -0.15) is 0 Å². The van der Waals surface area contributed by atoms with Crippen LogP contribution in [-0.4, -0.2) is 4.98 Å². The molecular formula is C9H16N2O. The Labute approximate surface area is 72.6 Å². The molecule has 0 radical (unpaired) electrons. The van der Waals surface area contributed by atoms with E-state index < -0.39 is 0 Å². The number of nitrogen functional groups attached to an aromatic ring is 1. The molecule has 0 spiro atoms. The number of aromatic nitrogens is 1. The van der Waals surface area contributed by atoms with Gasteiger partial charge < -0.3 is 10.7 Å². The number of rotatable bonds is 1. The third kappa shape index (κ3) is 2.78. The second-order valence-electron chi connectivity index (χ2n) is 2.12. The normalized spacial score (nSPS) is 8.58. The van der Waals surface area contributed by atoms with Gasteiger partial charge in [0.2, 0.25) is 5.56 Å². The molecule has 0 aliphatic carbocycles. The highest BCUT2D eigenvalue weighted by molar-refractivity contribution is 5.37. The zero-order valence-electron chi connectivity index (χ0n) is 7.85. The number of aryl methyl sites for hydroxylation is 1. The molecule has 1 heterocycles. The van der Waals surface area contributed by atoms with Crippen molar-refractivity contribution in [3.8, 4) is 0 Å². The minimum Gasteiger partial charge on any atom is -0.385 e. The highest BCUT2D eigenvalue weighted by atomic mass is 16.1. The van der Waals surface area contributed by atoms with E-state index in [2.05, 4.69) is 4.98 Å². The van der Waals surface area contributed by atoms with Gasteiger partial charge in [0.25, 0.3) is 0 Å². The lowest BCUT2D eigenvalue weighted by Gasteiger charge is -1.98. The predicted octanol–water partition coefficient (Wildman–Crippen LogP) is 1.55. The molecule has 0 saturated carbocycles. The molecule has 0 aromatic carbocycles. The van der Waals surface area contributed by atoms with E-state index in [4.69, 9.17) is 5.73 Å². The van der Waals surface area contributed by atoms with E-state index in [1.165, 1.54) is 6.07 Å². The quantitative estimate of drug-likeness (QED) is 0.668. The first kappa shape index (κ1) is 10.8. The Morgan fingerprint density at radius 2 is 2.00 bits per heavy atom. The lowest BCUT2D eigenvalue weighted by molar-refractivity contribution is 1.10. The van der Waals surface area contributed by atoms with Crippen LogP contribution >= 0.6 is 0 Å². The lowest BCUT2D eigenvalue weighted by Crippen LogP contribution is -2.08. The van der Waals surface area contributed by atoms with E-state index in [0.717, 1.165) is 12.0 Å². The van der Waals surface area contributed by atoms with Crippen molar-refractivity contribution in [3.05, 3.63) is 28.0 Å². The summed E-state index contributed by atoms with van der Waals surface area (Å²) in [5, 5.41) is 0. The summed E-state index contributed by atoms with van der Waals surface area (Å²) >= 11 is 0. The molecule has 1 aromatic rings. The molecule has 0 atom stereocenters. The molecule has 68 valence electrons. The van der Waals surface area contributed by atoms with Crippen LogP contribution in [0.25, 0.3) is 0 Å². The maximum absolute atomic E-state index is 10.6. The van der Waals surface area contributed by atoms with Crippen molar-refractivity contribution < 1.29 is 0 Å². The van der Waals surface area contributed by atoms with Gasteiger partial charge in [0, 0.05) is 6.07 Å². The Balaban J connectivity index is 0.000000561. The number of nitrogens with one attached hydrogen (secondary N) is 1. The van der Waals surface area contributed by atoms with Crippen molar-refractivity contribution in [2.24, 2.45) is 0 Å². The van der Waals surface area contributed by atoms with Gasteiger partial charge in [0.05, 0.1) is 0 Å². The van der Waals surface area contributed by atoms with Gasteiger partial charge in [0.1, 0.15) is 5.82 Å². The first-order chi connectivity index (χ1) is 5.74. The standard InChI is InChI=1S/C7H10N2O.C2H6/c1-2-5-3-4-6(10)9-7(5)8;1-2/h3-4H,2H2,1H3,(H3,8,9,10);1-2H3. The molecule has 0 amide bonds. The van der Waals surface area contributed by atoms with Gasteiger partial charge in [-0.25, -0.2) is 0 Å². The van der Waals surface area contributed by atoms with Gasteiger partial charge in [-0.3, -0.25) is 4.79 Å². The summed E-state index contributed by atoms with van der Waals surface area (Å²) in [6.07, 6.45) is 0.850. The van der Waals surface area contributed by atoms with Crippen LogP contribution in [0.1, 0.15) is 26.3 Å². The molecular weight excluding hydrogens is 152 g/mol. The average molecular weight is 168 g/mol. The molecule has 3 heteroatoms. The Morgan fingerprint density at radius 1 is 1.42 bits per heavy atom. The molecule has 12 heavy (non-hydrogen) atoms. The van der Waals surface area contributed by atoms with Crippen LogP contribution in [0.4, 0.5) is 5.82 Å². The van der Waals surface area contributed by atoms with Crippen molar-refractivity contribution in [1.29, 1.82) is 0 Å². The van der Waals surface area contributed by atoms with Crippen LogP contribution in [0.3, 0.4) is 0 Å². The Bertz CT molecular complexity index is 278. The molecule has 3 N–H and O–H groups in total. The molecule has 0 unspecified atom stereocenters.